The molecule has 0 radical (unpaired) electrons. The predicted octanol–water partition coefficient (Wildman–Crippen LogP) is 3.34. The molecule has 10 heavy (non-hydrogen) atoms. The average molecular weight is 154 g/mol. The summed E-state index contributed by atoms with van der Waals surface area (Å²) in [5, 5.41) is 0. The molecule has 0 spiro atoms. The van der Waals surface area contributed by atoms with Crippen LogP contribution in [0.1, 0.15) is 19.8 Å². The Balaban J connectivity index is 4.03. The van der Waals surface area contributed by atoms with E-state index in [0.29, 0.717) is 0 Å². The third kappa shape index (κ3) is 4.45. The highest BCUT2D eigenvalue weighted by Gasteiger charge is 1.88. The van der Waals surface area contributed by atoms with Gasteiger partial charge in [0.1, 0.15) is 0 Å². The summed E-state index contributed by atoms with van der Waals surface area (Å²) in [6.07, 6.45) is 5.99. The lowest BCUT2D eigenvalue weighted by Crippen LogP contribution is -1.76. The summed E-state index contributed by atoms with van der Waals surface area (Å²) in [4.78, 5) is 0.795. The smallest absolute Gasteiger partial charge is 0.00293 e. The molecule has 0 aliphatic heterocycles. The maximum Gasteiger partial charge on any atom is -0.00293 e. The molecule has 0 fully saturated rings. The number of thiol groups is 1. The summed E-state index contributed by atoms with van der Waals surface area (Å²) in [6.45, 7) is 9.49. The lowest BCUT2D eigenvalue weighted by Gasteiger charge is -1.96. The van der Waals surface area contributed by atoms with Crippen LogP contribution < -0.4 is 0 Å². The molecule has 0 atom stereocenters. The van der Waals surface area contributed by atoms with Crippen LogP contribution in [0.2, 0.25) is 0 Å². The van der Waals surface area contributed by atoms with Crippen LogP contribution >= 0.6 is 12.6 Å². The summed E-state index contributed by atoms with van der Waals surface area (Å²) in [7, 11) is 0. The summed E-state index contributed by atoms with van der Waals surface area (Å²) < 4.78 is 0. The van der Waals surface area contributed by atoms with Crippen molar-refractivity contribution < 1.29 is 0 Å². The zero-order chi connectivity index (χ0) is 7.98. The van der Waals surface area contributed by atoms with Gasteiger partial charge in [0, 0.05) is 0 Å². The van der Waals surface area contributed by atoms with Crippen LogP contribution in [0.5, 0.6) is 0 Å². The molecule has 0 amide bonds. The molecule has 0 bridgehead atoms. The van der Waals surface area contributed by atoms with Gasteiger partial charge in [-0.1, -0.05) is 32.6 Å². The van der Waals surface area contributed by atoms with E-state index in [2.05, 4.69) is 32.7 Å². The van der Waals surface area contributed by atoms with Gasteiger partial charge in [0.05, 0.1) is 0 Å². The molecule has 0 aliphatic rings. The van der Waals surface area contributed by atoms with Gasteiger partial charge in [0.2, 0.25) is 0 Å². The summed E-state index contributed by atoms with van der Waals surface area (Å²) in [6, 6.07) is 0. The fourth-order valence-corrected chi connectivity index (χ4v) is 0.902. The number of hydrogen-bond donors (Lipinski definition) is 1. The number of allylic oxidation sites excluding steroid dienone is 3. The highest BCUT2D eigenvalue weighted by Crippen LogP contribution is 2.10. The Morgan fingerprint density at radius 1 is 1.60 bits per heavy atom. The van der Waals surface area contributed by atoms with Crippen molar-refractivity contribution in [2.45, 2.75) is 19.8 Å². The third-order valence-corrected chi connectivity index (χ3v) is 1.28. The van der Waals surface area contributed by atoms with Gasteiger partial charge >= 0.3 is 0 Å². The van der Waals surface area contributed by atoms with E-state index < -0.39 is 0 Å². The van der Waals surface area contributed by atoms with Crippen molar-refractivity contribution >= 4 is 12.6 Å². The van der Waals surface area contributed by atoms with E-state index in [1.165, 1.54) is 5.57 Å². The molecular weight excluding hydrogens is 140 g/mol. The molecule has 0 aromatic rings. The first-order valence-corrected chi connectivity index (χ1v) is 3.86. The largest absolute Gasteiger partial charge is 0.144 e. The zero-order valence-corrected chi connectivity index (χ0v) is 7.32. The second-order valence-corrected chi connectivity index (χ2v) is 2.74. The predicted molar refractivity (Wildman–Crippen MR) is 51.3 cm³/mol. The van der Waals surface area contributed by atoms with Gasteiger partial charge < -0.3 is 0 Å². The Kier molecular flexibility index (Phi) is 5.13. The topological polar surface area (TPSA) is 0 Å². The van der Waals surface area contributed by atoms with Crippen molar-refractivity contribution in [3.63, 3.8) is 0 Å². The molecule has 0 saturated heterocycles. The SMILES string of the molecule is C=C/C(=C\C(=C)S)CCC. The second-order valence-electron chi connectivity index (χ2n) is 2.16. The standard InChI is InChI=1S/C9H14S/c1-4-6-9(5-2)7-8(3)10/h5,7,10H,2-4,6H2,1H3/b9-7+. The van der Waals surface area contributed by atoms with Gasteiger partial charge in [-0.25, -0.2) is 0 Å². The van der Waals surface area contributed by atoms with Gasteiger partial charge in [0.25, 0.3) is 0 Å². The molecule has 56 valence electrons. The molecule has 0 heterocycles. The summed E-state index contributed by atoms with van der Waals surface area (Å²) in [5.41, 5.74) is 1.21. The Labute approximate surface area is 68.7 Å². The third-order valence-electron chi connectivity index (χ3n) is 1.15. The van der Waals surface area contributed by atoms with E-state index in [-0.39, 0.29) is 0 Å². The first kappa shape index (κ1) is 9.57. The Morgan fingerprint density at radius 3 is 2.50 bits per heavy atom. The van der Waals surface area contributed by atoms with E-state index in [9.17, 15) is 0 Å². The van der Waals surface area contributed by atoms with Crippen LogP contribution in [0.15, 0.2) is 35.8 Å². The first-order chi connectivity index (χ1) is 4.70. The van der Waals surface area contributed by atoms with E-state index in [1.54, 1.807) is 0 Å². The molecule has 0 aromatic heterocycles. The molecule has 0 aliphatic carbocycles. The van der Waals surface area contributed by atoms with Crippen molar-refractivity contribution in [1.82, 2.24) is 0 Å². The minimum absolute atomic E-state index is 0.795. The monoisotopic (exact) mass is 154 g/mol. The van der Waals surface area contributed by atoms with Crippen LogP contribution in [0.25, 0.3) is 0 Å². The van der Waals surface area contributed by atoms with Gasteiger partial charge in [-0.2, -0.15) is 0 Å². The van der Waals surface area contributed by atoms with Gasteiger partial charge in [0.15, 0.2) is 0 Å². The van der Waals surface area contributed by atoms with Gasteiger partial charge in [-0.15, -0.1) is 12.6 Å². The van der Waals surface area contributed by atoms with E-state index in [1.807, 2.05) is 12.2 Å². The van der Waals surface area contributed by atoms with Crippen molar-refractivity contribution in [3.8, 4) is 0 Å². The van der Waals surface area contributed by atoms with Gasteiger partial charge in [-0.3, -0.25) is 0 Å². The van der Waals surface area contributed by atoms with Crippen LogP contribution in [-0.2, 0) is 0 Å². The lowest BCUT2D eigenvalue weighted by atomic mass is 10.1. The molecule has 0 unspecified atom stereocenters. The van der Waals surface area contributed by atoms with Crippen molar-refractivity contribution in [2.24, 2.45) is 0 Å². The fourth-order valence-electron chi connectivity index (χ4n) is 0.736. The maximum atomic E-state index is 4.07. The first-order valence-electron chi connectivity index (χ1n) is 3.41. The molecule has 0 rings (SSSR count). The summed E-state index contributed by atoms with van der Waals surface area (Å²) >= 11 is 4.07. The maximum absolute atomic E-state index is 4.07. The molecule has 0 nitrogen and oxygen atoms in total. The minimum Gasteiger partial charge on any atom is -0.144 e. The van der Waals surface area contributed by atoms with E-state index in [0.717, 1.165) is 17.7 Å². The quantitative estimate of drug-likeness (QED) is 0.466. The van der Waals surface area contributed by atoms with Gasteiger partial charge in [-0.05, 0) is 23.0 Å². The highest BCUT2D eigenvalue weighted by atomic mass is 32.1. The molecule has 1 heteroatoms. The second kappa shape index (κ2) is 5.36. The van der Waals surface area contributed by atoms with Crippen LogP contribution in [0, 0.1) is 0 Å². The number of rotatable bonds is 4. The lowest BCUT2D eigenvalue weighted by molar-refractivity contribution is 0.927. The van der Waals surface area contributed by atoms with Crippen LogP contribution in [0.4, 0.5) is 0 Å². The fraction of sp³-hybridized carbons (Fsp3) is 0.333. The van der Waals surface area contributed by atoms with Crippen molar-refractivity contribution in [1.29, 1.82) is 0 Å². The van der Waals surface area contributed by atoms with E-state index >= 15 is 0 Å². The molecular formula is C9H14S. The number of hydrogen-bond acceptors (Lipinski definition) is 1. The van der Waals surface area contributed by atoms with E-state index in [4.69, 9.17) is 0 Å². The molecule has 0 saturated carbocycles. The Hall–Kier alpha value is -0.430. The molecule has 0 aromatic carbocycles. The average Bonchev–Trinajstić information content (AvgIpc) is 1.86. The Morgan fingerprint density at radius 2 is 2.20 bits per heavy atom. The summed E-state index contributed by atoms with van der Waals surface area (Å²) in [5.74, 6) is 0. The molecule has 0 N–H and O–H groups in total. The zero-order valence-electron chi connectivity index (χ0n) is 6.43. The van der Waals surface area contributed by atoms with Crippen LogP contribution in [0.3, 0.4) is 0 Å². The minimum atomic E-state index is 0.795. The van der Waals surface area contributed by atoms with Crippen LogP contribution in [-0.4, -0.2) is 0 Å². The normalized spacial score (nSPS) is 11.2. The highest BCUT2D eigenvalue weighted by molar-refractivity contribution is 7.84. The Bertz CT molecular complexity index is 154. The van der Waals surface area contributed by atoms with Crippen molar-refractivity contribution in [2.75, 3.05) is 0 Å². The van der Waals surface area contributed by atoms with Crippen molar-refractivity contribution in [3.05, 3.63) is 35.8 Å².